The zero-order valence-corrected chi connectivity index (χ0v) is 12.4. The van der Waals surface area contributed by atoms with E-state index in [1.165, 1.54) is 12.1 Å². The number of rotatable bonds is 4. The Kier molecular flexibility index (Phi) is 5.24. The van der Waals surface area contributed by atoms with Crippen LogP contribution in [0.3, 0.4) is 0 Å². The number of ether oxygens (including phenoxy) is 1. The molecule has 0 radical (unpaired) electrons. The quantitative estimate of drug-likeness (QED) is 0.880. The van der Waals surface area contributed by atoms with Crippen LogP contribution in [0.25, 0.3) is 0 Å². The number of carbonyl (C=O) groups excluding carboxylic acids is 1. The number of carbonyl (C=O) groups is 1. The van der Waals surface area contributed by atoms with Crippen molar-refractivity contribution in [1.82, 2.24) is 0 Å². The van der Waals surface area contributed by atoms with Gasteiger partial charge in [-0.1, -0.05) is 29.6 Å². The van der Waals surface area contributed by atoms with Crippen LogP contribution < -0.4 is 15.8 Å². The van der Waals surface area contributed by atoms with Crippen molar-refractivity contribution in [1.29, 1.82) is 0 Å². The first-order chi connectivity index (χ1) is 9.88. The predicted octanol–water partition coefficient (Wildman–Crippen LogP) is 3.66. The average Bonchev–Trinajstić information content (AvgIpc) is 2.80. The Morgan fingerprint density at radius 2 is 1.95 bits per heavy atom. The van der Waals surface area contributed by atoms with Gasteiger partial charge in [0.2, 0.25) is 5.91 Å². The van der Waals surface area contributed by atoms with Crippen LogP contribution in [0.15, 0.2) is 12.1 Å². The third-order valence-electron chi connectivity index (χ3n) is 3.38. The Morgan fingerprint density at radius 1 is 1.33 bits per heavy atom. The minimum atomic E-state index is -3.03. The van der Waals surface area contributed by atoms with E-state index in [0.29, 0.717) is 5.69 Å². The zero-order chi connectivity index (χ0) is 15.6. The maximum atomic E-state index is 12.2. The number of amides is 1. The number of anilines is 1. The first-order valence-electron chi connectivity index (χ1n) is 6.38. The van der Waals surface area contributed by atoms with Crippen LogP contribution in [0.5, 0.6) is 5.75 Å². The molecule has 0 aromatic heterocycles. The summed E-state index contributed by atoms with van der Waals surface area (Å²) in [4.78, 5) is 12.1. The minimum Gasteiger partial charge on any atom is -0.432 e. The highest BCUT2D eigenvalue weighted by Gasteiger charge is 2.30. The summed E-state index contributed by atoms with van der Waals surface area (Å²) in [5.74, 6) is -0.807. The summed E-state index contributed by atoms with van der Waals surface area (Å²) in [5.41, 5.74) is 6.17. The molecular formula is C13H14Cl2F2N2O2. The van der Waals surface area contributed by atoms with Crippen molar-refractivity contribution in [3.63, 3.8) is 0 Å². The lowest BCUT2D eigenvalue weighted by Gasteiger charge is -2.16. The number of benzene rings is 1. The topological polar surface area (TPSA) is 64.4 Å². The van der Waals surface area contributed by atoms with Gasteiger partial charge in [0.15, 0.2) is 5.75 Å². The second-order valence-corrected chi connectivity index (χ2v) is 5.65. The van der Waals surface area contributed by atoms with Crippen molar-refractivity contribution in [2.45, 2.75) is 31.9 Å². The van der Waals surface area contributed by atoms with E-state index in [0.717, 1.165) is 19.3 Å². The fraction of sp³-hybridized carbons (Fsp3) is 0.462. The Hall–Kier alpha value is -1.11. The van der Waals surface area contributed by atoms with Gasteiger partial charge in [0, 0.05) is 11.7 Å². The number of nitrogens with two attached hydrogens (primary N) is 1. The molecule has 1 aliphatic carbocycles. The minimum absolute atomic E-state index is 0.103. The Balaban J connectivity index is 2.12. The van der Waals surface area contributed by atoms with Gasteiger partial charge >= 0.3 is 6.61 Å². The van der Waals surface area contributed by atoms with E-state index in [-0.39, 0.29) is 33.7 Å². The monoisotopic (exact) mass is 338 g/mol. The van der Waals surface area contributed by atoms with E-state index in [2.05, 4.69) is 10.1 Å². The molecule has 1 amide bonds. The fourth-order valence-corrected chi connectivity index (χ4v) is 2.96. The number of halogens is 4. The van der Waals surface area contributed by atoms with E-state index < -0.39 is 6.61 Å². The Morgan fingerprint density at radius 3 is 2.43 bits per heavy atom. The molecule has 2 atom stereocenters. The molecule has 1 fully saturated rings. The van der Waals surface area contributed by atoms with Crippen molar-refractivity contribution in [3.05, 3.63) is 22.2 Å². The van der Waals surface area contributed by atoms with Gasteiger partial charge in [0.25, 0.3) is 0 Å². The molecule has 4 nitrogen and oxygen atoms in total. The van der Waals surface area contributed by atoms with E-state index in [1.54, 1.807) is 0 Å². The lowest BCUT2D eigenvalue weighted by Crippen LogP contribution is -2.34. The number of hydrogen-bond donors (Lipinski definition) is 2. The maximum Gasteiger partial charge on any atom is 0.387 e. The molecule has 1 aliphatic rings. The molecule has 1 saturated carbocycles. The number of hydrogen-bond acceptors (Lipinski definition) is 3. The van der Waals surface area contributed by atoms with Crippen LogP contribution in [0.2, 0.25) is 10.0 Å². The molecule has 3 N–H and O–H groups in total. The van der Waals surface area contributed by atoms with E-state index in [4.69, 9.17) is 28.9 Å². The third-order valence-corrected chi connectivity index (χ3v) is 3.94. The van der Waals surface area contributed by atoms with E-state index >= 15 is 0 Å². The van der Waals surface area contributed by atoms with Crippen molar-refractivity contribution >= 4 is 34.8 Å². The van der Waals surface area contributed by atoms with Crippen LogP contribution in [0.1, 0.15) is 19.3 Å². The molecule has 0 bridgehead atoms. The molecular weight excluding hydrogens is 325 g/mol. The third kappa shape index (κ3) is 3.96. The largest absolute Gasteiger partial charge is 0.432 e. The average molecular weight is 339 g/mol. The molecule has 0 saturated heterocycles. The molecule has 21 heavy (non-hydrogen) atoms. The maximum absolute atomic E-state index is 12.2. The van der Waals surface area contributed by atoms with Crippen molar-refractivity contribution in [3.8, 4) is 5.75 Å². The summed E-state index contributed by atoms with van der Waals surface area (Å²) < 4.78 is 28.7. The molecule has 1 aromatic rings. The predicted molar refractivity (Wildman–Crippen MR) is 77.0 cm³/mol. The smallest absolute Gasteiger partial charge is 0.387 e. The van der Waals surface area contributed by atoms with Gasteiger partial charge in [0.1, 0.15) is 0 Å². The first kappa shape index (κ1) is 16.3. The first-order valence-corrected chi connectivity index (χ1v) is 7.14. The molecule has 8 heteroatoms. The van der Waals surface area contributed by atoms with Gasteiger partial charge in [0.05, 0.1) is 16.0 Å². The van der Waals surface area contributed by atoms with Crippen LogP contribution in [0.4, 0.5) is 14.5 Å². The van der Waals surface area contributed by atoms with Gasteiger partial charge in [-0.25, -0.2) is 0 Å². The SMILES string of the molecule is NC1CCCC1C(=O)Nc1cc(Cl)c(OC(F)F)c(Cl)c1. The highest BCUT2D eigenvalue weighted by Crippen LogP contribution is 2.37. The Bertz CT molecular complexity index is 520. The van der Waals surface area contributed by atoms with Crippen molar-refractivity contribution in [2.24, 2.45) is 11.7 Å². The van der Waals surface area contributed by atoms with Gasteiger partial charge in [-0.05, 0) is 25.0 Å². The lowest BCUT2D eigenvalue weighted by molar-refractivity contribution is -0.120. The second-order valence-electron chi connectivity index (χ2n) is 4.84. The molecule has 0 spiro atoms. The van der Waals surface area contributed by atoms with Crippen LogP contribution in [-0.4, -0.2) is 18.6 Å². The molecule has 0 heterocycles. The van der Waals surface area contributed by atoms with E-state index in [9.17, 15) is 13.6 Å². The van der Waals surface area contributed by atoms with Gasteiger partial charge in [-0.15, -0.1) is 0 Å². The summed E-state index contributed by atoms with van der Waals surface area (Å²) in [7, 11) is 0. The standard InChI is InChI=1S/C13H14Cl2F2N2O2/c14-8-4-6(5-9(15)11(8)21-13(16)17)19-12(20)7-2-1-3-10(7)18/h4-5,7,10,13H,1-3,18H2,(H,19,20). The summed E-state index contributed by atoms with van der Waals surface area (Å²) in [6.45, 7) is -3.03. The molecule has 116 valence electrons. The summed E-state index contributed by atoms with van der Waals surface area (Å²) in [6, 6.07) is 2.45. The van der Waals surface area contributed by atoms with Gasteiger partial charge < -0.3 is 15.8 Å². The van der Waals surface area contributed by atoms with Gasteiger partial charge in [-0.2, -0.15) is 8.78 Å². The van der Waals surface area contributed by atoms with Gasteiger partial charge in [-0.3, -0.25) is 4.79 Å². The molecule has 1 aromatic carbocycles. The highest BCUT2D eigenvalue weighted by atomic mass is 35.5. The van der Waals surface area contributed by atoms with E-state index in [1.807, 2.05) is 0 Å². The number of nitrogens with one attached hydrogen (secondary N) is 1. The van der Waals surface area contributed by atoms with Crippen LogP contribution in [-0.2, 0) is 4.79 Å². The van der Waals surface area contributed by atoms with Crippen molar-refractivity contribution < 1.29 is 18.3 Å². The summed E-state index contributed by atoms with van der Waals surface area (Å²) in [5, 5.41) is 2.44. The zero-order valence-electron chi connectivity index (χ0n) is 10.9. The highest BCUT2D eigenvalue weighted by molar-refractivity contribution is 6.37. The Labute approximate surface area is 130 Å². The fourth-order valence-electron chi connectivity index (χ4n) is 2.38. The lowest BCUT2D eigenvalue weighted by atomic mass is 10.0. The summed E-state index contributed by atoms with van der Waals surface area (Å²) >= 11 is 11.7. The molecule has 0 aliphatic heterocycles. The summed E-state index contributed by atoms with van der Waals surface area (Å²) in [6.07, 6.45) is 2.43. The normalized spacial score (nSPS) is 21.6. The van der Waals surface area contributed by atoms with Crippen molar-refractivity contribution in [2.75, 3.05) is 5.32 Å². The molecule has 2 rings (SSSR count). The van der Waals surface area contributed by atoms with Crippen LogP contribution in [0, 0.1) is 5.92 Å². The number of alkyl halides is 2. The second kappa shape index (κ2) is 6.77. The molecule has 2 unspecified atom stereocenters. The van der Waals surface area contributed by atoms with Crippen LogP contribution >= 0.6 is 23.2 Å².